The van der Waals surface area contributed by atoms with Crippen molar-refractivity contribution in [1.82, 2.24) is 15.2 Å². The Kier molecular flexibility index (Phi) is 9.09. The highest BCUT2D eigenvalue weighted by atomic mass is 127. The van der Waals surface area contributed by atoms with Gasteiger partial charge in [-0.25, -0.2) is 14.4 Å². The van der Waals surface area contributed by atoms with Crippen molar-refractivity contribution in [3.8, 4) is 0 Å². The van der Waals surface area contributed by atoms with Crippen LogP contribution in [0.2, 0.25) is 0 Å². The molecule has 1 aromatic carbocycles. The molecule has 29 heavy (non-hydrogen) atoms. The Morgan fingerprint density at radius 1 is 1.34 bits per heavy atom. The molecule has 1 aromatic heterocycles. The fourth-order valence-corrected chi connectivity index (χ4v) is 3.89. The Morgan fingerprint density at radius 2 is 2.07 bits per heavy atom. The number of halogens is 2. The minimum Gasteiger partial charge on any atom is -0.367 e. The van der Waals surface area contributed by atoms with Crippen molar-refractivity contribution in [2.24, 2.45) is 4.99 Å². The monoisotopic (exact) mass is 533 g/mol. The molecule has 2 heterocycles. The van der Waals surface area contributed by atoms with E-state index >= 15 is 0 Å². The summed E-state index contributed by atoms with van der Waals surface area (Å²) in [6, 6.07) is 6.54. The zero-order valence-corrected chi connectivity index (χ0v) is 20.4. The standard InChI is InChI=1S/C20H28FN5OS.HI/c1-5-22-19(23-10-17-13-28-20(24-17)25(3)4)26-11-14(2)27-18(12-26)15-6-8-16(21)9-7-15;/h6-9,13-14,18H,5,10-12H2,1-4H3,(H,22,23);1H. The number of hydrogen-bond donors (Lipinski definition) is 1. The summed E-state index contributed by atoms with van der Waals surface area (Å²) in [4.78, 5) is 13.6. The molecule has 1 aliphatic rings. The van der Waals surface area contributed by atoms with Gasteiger partial charge in [-0.3, -0.25) is 0 Å². The van der Waals surface area contributed by atoms with Crippen molar-refractivity contribution in [2.45, 2.75) is 32.6 Å². The first-order chi connectivity index (χ1) is 13.5. The van der Waals surface area contributed by atoms with Gasteiger partial charge >= 0.3 is 0 Å². The van der Waals surface area contributed by atoms with Crippen LogP contribution in [0.1, 0.15) is 31.2 Å². The highest BCUT2D eigenvalue weighted by Crippen LogP contribution is 2.26. The van der Waals surface area contributed by atoms with Gasteiger partial charge in [0.15, 0.2) is 11.1 Å². The fourth-order valence-electron chi connectivity index (χ4n) is 3.14. The third-order valence-electron chi connectivity index (χ3n) is 4.45. The van der Waals surface area contributed by atoms with Crippen LogP contribution in [0.5, 0.6) is 0 Å². The molecule has 0 bridgehead atoms. The second kappa shape index (κ2) is 11.1. The number of ether oxygens (including phenoxy) is 1. The predicted molar refractivity (Wildman–Crippen MR) is 128 cm³/mol. The van der Waals surface area contributed by atoms with Crippen molar-refractivity contribution in [3.05, 3.63) is 46.7 Å². The van der Waals surface area contributed by atoms with Gasteiger partial charge in [0.1, 0.15) is 11.9 Å². The van der Waals surface area contributed by atoms with E-state index in [9.17, 15) is 4.39 Å². The van der Waals surface area contributed by atoms with Crippen LogP contribution in [-0.4, -0.2) is 55.7 Å². The van der Waals surface area contributed by atoms with Gasteiger partial charge in [0.25, 0.3) is 0 Å². The maximum Gasteiger partial charge on any atom is 0.194 e. The highest BCUT2D eigenvalue weighted by molar-refractivity contribution is 14.0. The molecule has 1 fully saturated rings. The zero-order valence-electron chi connectivity index (χ0n) is 17.3. The van der Waals surface area contributed by atoms with Crippen LogP contribution in [-0.2, 0) is 11.3 Å². The number of anilines is 1. The number of morpholine rings is 1. The lowest BCUT2D eigenvalue weighted by atomic mass is 10.1. The zero-order chi connectivity index (χ0) is 20.1. The van der Waals surface area contributed by atoms with E-state index in [0.29, 0.717) is 13.1 Å². The lowest BCUT2D eigenvalue weighted by Gasteiger charge is -2.38. The van der Waals surface area contributed by atoms with Gasteiger partial charge in [0.05, 0.1) is 24.9 Å². The summed E-state index contributed by atoms with van der Waals surface area (Å²) in [6.45, 7) is 6.84. The summed E-state index contributed by atoms with van der Waals surface area (Å²) in [6.07, 6.45) is -0.0694. The minimum absolute atomic E-state index is 0. The Labute approximate surface area is 193 Å². The van der Waals surface area contributed by atoms with Gasteiger partial charge in [-0.1, -0.05) is 12.1 Å². The van der Waals surface area contributed by atoms with Gasteiger partial charge in [-0.2, -0.15) is 0 Å². The number of benzene rings is 1. The highest BCUT2D eigenvalue weighted by Gasteiger charge is 2.28. The van der Waals surface area contributed by atoms with Crippen LogP contribution >= 0.6 is 35.3 Å². The molecule has 1 aliphatic heterocycles. The van der Waals surface area contributed by atoms with E-state index in [1.807, 2.05) is 24.4 Å². The van der Waals surface area contributed by atoms with Crippen molar-refractivity contribution in [1.29, 1.82) is 0 Å². The van der Waals surface area contributed by atoms with E-state index in [-0.39, 0.29) is 42.0 Å². The summed E-state index contributed by atoms with van der Waals surface area (Å²) in [5.74, 6) is 0.615. The van der Waals surface area contributed by atoms with E-state index in [0.717, 1.165) is 35.4 Å². The quantitative estimate of drug-likeness (QED) is 0.359. The van der Waals surface area contributed by atoms with Gasteiger partial charge in [-0.15, -0.1) is 35.3 Å². The SMILES string of the molecule is CCNC(=NCc1csc(N(C)C)n1)N1CC(C)OC(c2ccc(F)cc2)C1.I. The summed E-state index contributed by atoms with van der Waals surface area (Å²) in [5.41, 5.74) is 1.93. The predicted octanol–water partition coefficient (Wildman–Crippen LogP) is 3.89. The smallest absolute Gasteiger partial charge is 0.194 e. The second-order valence-corrected chi connectivity index (χ2v) is 7.91. The number of guanidine groups is 1. The Bertz CT molecular complexity index is 798. The fraction of sp³-hybridized carbons (Fsp3) is 0.500. The normalized spacial score (nSPS) is 19.6. The van der Waals surface area contributed by atoms with Crippen molar-refractivity contribution >= 4 is 46.4 Å². The molecule has 1 N–H and O–H groups in total. The summed E-state index contributed by atoms with van der Waals surface area (Å²) < 4.78 is 19.4. The first-order valence-electron chi connectivity index (χ1n) is 9.52. The first kappa shape index (κ1) is 23.8. The molecule has 1 saturated heterocycles. The molecule has 6 nitrogen and oxygen atoms in total. The molecule has 2 aromatic rings. The van der Waals surface area contributed by atoms with Crippen LogP contribution in [0.25, 0.3) is 0 Å². The van der Waals surface area contributed by atoms with Crippen LogP contribution in [0, 0.1) is 5.82 Å². The Hall–Kier alpha value is -1.46. The van der Waals surface area contributed by atoms with Crippen LogP contribution in [0.3, 0.4) is 0 Å². The Morgan fingerprint density at radius 3 is 2.69 bits per heavy atom. The average molecular weight is 533 g/mol. The number of aliphatic imine (C=N–C) groups is 1. The maximum atomic E-state index is 13.3. The summed E-state index contributed by atoms with van der Waals surface area (Å²) >= 11 is 1.62. The molecular formula is C20H29FIN5OS. The van der Waals surface area contributed by atoms with Crippen molar-refractivity contribution in [3.63, 3.8) is 0 Å². The lowest BCUT2D eigenvalue weighted by molar-refractivity contribution is -0.0605. The number of aromatic nitrogens is 1. The molecule has 0 spiro atoms. The van der Waals surface area contributed by atoms with E-state index in [4.69, 9.17) is 9.73 Å². The van der Waals surface area contributed by atoms with Gasteiger partial charge < -0.3 is 19.9 Å². The molecule has 0 amide bonds. The maximum absolute atomic E-state index is 13.3. The minimum atomic E-state index is -0.236. The average Bonchev–Trinajstić information content (AvgIpc) is 3.14. The molecule has 0 saturated carbocycles. The molecule has 160 valence electrons. The number of nitrogens with zero attached hydrogens (tertiary/aromatic N) is 4. The molecular weight excluding hydrogens is 504 g/mol. The van der Waals surface area contributed by atoms with Crippen molar-refractivity contribution in [2.75, 3.05) is 38.6 Å². The molecule has 2 atom stereocenters. The number of nitrogens with one attached hydrogen (secondary N) is 1. The molecule has 2 unspecified atom stereocenters. The van der Waals surface area contributed by atoms with Crippen LogP contribution in [0.15, 0.2) is 34.6 Å². The van der Waals surface area contributed by atoms with Crippen LogP contribution < -0.4 is 10.2 Å². The van der Waals surface area contributed by atoms with E-state index in [1.54, 1.807) is 23.5 Å². The second-order valence-electron chi connectivity index (χ2n) is 7.08. The number of rotatable bonds is 5. The van der Waals surface area contributed by atoms with Gasteiger partial charge in [-0.05, 0) is 31.5 Å². The summed E-state index contributed by atoms with van der Waals surface area (Å²) in [7, 11) is 3.97. The largest absolute Gasteiger partial charge is 0.367 e. The molecule has 9 heteroatoms. The summed E-state index contributed by atoms with van der Waals surface area (Å²) in [5, 5.41) is 6.40. The molecule has 0 aliphatic carbocycles. The molecule has 3 rings (SSSR count). The molecule has 0 radical (unpaired) electrons. The topological polar surface area (TPSA) is 53.0 Å². The van der Waals surface area contributed by atoms with Gasteiger partial charge in [0.2, 0.25) is 0 Å². The van der Waals surface area contributed by atoms with Gasteiger partial charge in [0, 0.05) is 32.6 Å². The van der Waals surface area contributed by atoms with E-state index in [1.165, 1.54) is 12.1 Å². The lowest BCUT2D eigenvalue weighted by Crippen LogP contribution is -2.50. The van der Waals surface area contributed by atoms with Crippen molar-refractivity contribution < 1.29 is 9.13 Å². The third-order valence-corrected chi connectivity index (χ3v) is 5.51. The Balaban J connectivity index is 0.00000300. The number of hydrogen-bond acceptors (Lipinski definition) is 5. The number of thiazole rings is 1. The van der Waals surface area contributed by atoms with Crippen LogP contribution in [0.4, 0.5) is 9.52 Å². The van der Waals surface area contributed by atoms with E-state index in [2.05, 4.69) is 29.0 Å². The van der Waals surface area contributed by atoms with E-state index < -0.39 is 0 Å². The first-order valence-corrected chi connectivity index (χ1v) is 10.4. The third kappa shape index (κ3) is 6.51.